The summed E-state index contributed by atoms with van der Waals surface area (Å²) in [4.78, 5) is 30.0. The molecule has 2 N–H and O–H groups in total. The monoisotopic (exact) mass is 431 g/mol. The summed E-state index contributed by atoms with van der Waals surface area (Å²) in [5.74, 6) is 1.00. The Morgan fingerprint density at radius 2 is 1.88 bits per heavy atom. The van der Waals surface area contributed by atoms with E-state index in [1.54, 1.807) is 6.92 Å². The predicted octanol–water partition coefficient (Wildman–Crippen LogP) is 4.12. The molecule has 0 radical (unpaired) electrons. The fourth-order valence-electron chi connectivity index (χ4n) is 5.20. The number of nitrogens with zero attached hydrogens (tertiary/aromatic N) is 1. The van der Waals surface area contributed by atoms with Gasteiger partial charge >= 0.3 is 0 Å². The molecule has 6 nitrogen and oxygen atoms in total. The zero-order chi connectivity index (χ0) is 22.1. The molecule has 2 aliphatic rings. The summed E-state index contributed by atoms with van der Waals surface area (Å²) in [7, 11) is 0. The first-order valence-electron chi connectivity index (χ1n) is 11.4. The van der Waals surface area contributed by atoms with Crippen molar-refractivity contribution >= 4 is 22.7 Å². The second-order valence-corrected chi connectivity index (χ2v) is 9.02. The van der Waals surface area contributed by atoms with Crippen molar-refractivity contribution in [2.75, 3.05) is 13.1 Å². The van der Waals surface area contributed by atoms with E-state index in [4.69, 9.17) is 4.74 Å². The molecular weight excluding hydrogens is 402 g/mol. The van der Waals surface area contributed by atoms with Crippen LogP contribution in [0.15, 0.2) is 54.7 Å². The predicted molar refractivity (Wildman–Crippen MR) is 123 cm³/mol. The number of aryl methyl sites for hydroxylation is 1. The molecule has 2 amide bonds. The summed E-state index contributed by atoms with van der Waals surface area (Å²) in [6.45, 7) is 2.92. The van der Waals surface area contributed by atoms with Crippen molar-refractivity contribution in [3.05, 3.63) is 65.9 Å². The van der Waals surface area contributed by atoms with E-state index < -0.39 is 0 Å². The first kappa shape index (κ1) is 20.6. The second-order valence-electron chi connectivity index (χ2n) is 9.02. The quantitative estimate of drug-likeness (QED) is 0.653. The van der Waals surface area contributed by atoms with Gasteiger partial charge in [0, 0.05) is 68.4 Å². The number of piperidine rings is 1. The summed E-state index contributed by atoms with van der Waals surface area (Å²) in [6.07, 6.45) is 5.54. The molecule has 2 aliphatic heterocycles. The van der Waals surface area contributed by atoms with E-state index in [0.29, 0.717) is 19.5 Å². The average molecular weight is 432 g/mol. The highest BCUT2D eigenvalue weighted by Gasteiger charge is 2.44. The van der Waals surface area contributed by atoms with Gasteiger partial charge in [-0.1, -0.05) is 36.4 Å². The third-order valence-electron chi connectivity index (χ3n) is 6.89. The van der Waals surface area contributed by atoms with Gasteiger partial charge in [-0.05, 0) is 24.1 Å². The number of para-hydroxylation sites is 2. The Labute approximate surface area is 187 Å². The van der Waals surface area contributed by atoms with E-state index in [0.717, 1.165) is 42.5 Å². The van der Waals surface area contributed by atoms with Crippen molar-refractivity contribution in [1.29, 1.82) is 0 Å². The molecule has 166 valence electrons. The van der Waals surface area contributed by atoms with Crippen molar-refractivity contribution in [3.8, 4) is 5.75 Å². The number of aromatic nitrogens is 1. The highest BCUT2D eigenvalue weighted by atomic mass is 16.5. The topological polar surface area (TPSA) is 74.4 Å². The van der Waals surface area contributed by atoms with Gasteiger partial charge in [0.05, 0.1) is 6.04 Å². The fourth-order valence-corrected chi connectivity index (χ4v) is 5.20. The van der Waals surface area contributed by atoms with Gasteiger partial charge in [0.15, 0.2) is 0 Å². The van der Waals surface area contributed by atoms with E-state index in [2.05, 4.69) is 22.4 Å². The van der Waals surface area contributed by atoms with E-state index in [-0.39, 0.29) is 23.5 Å². The summed E-state index contributed by atoms with van der Waals surface area (Å²) in [5.41, 5.74) is 2.99. The van der Waals surface area contributed by atoms with Crippen LogP contribution in [0.4, 0.5) is 0 Å². The number of aromatic amines is 1. The molecule has 0 bridgehead atoms. The lowest BCUT2D eigenvalue weighted by molar-refractivity contribution is -0.135. The third kappa shape index (κ3) is 3.97. The van der Waals surface area contributed by atoms with Gasteiger partial charge in [-0.2, -0.15) is 0 Å². The molecule has 5 rings (SSSR count). The molecule has 1 saturated heterocycles. The summed E-state index contributed by atoms with van der Waals surface area (Å²) >= 11 is 0. The Hall–Kier alpha value is -3.28. The van der Waals surface area contributed by atoms with Crippen molar-refractivity contribution in [2.45, 2.75) is 50.7 Å². The normalized spacial score (nSPS) is 19.4. The number of amides is 2. The summed E-state index contributed by atoms with van der Waals surface area (Å²) < 4.78 is 6.47. The van der Waals surface area contributed by atoms with Crippen molar-refractivity contribution < 1.29 is 14.3 Å². The maximum absolute atomic E-state index is 12.9. The molecule has 3 aromatic rings. The Balaban J connectivity index is 1.22. The fraction of sp³-hybridized carbons (Fsp3) is 0.385. The largest absolute Gasteiger partial charge is 0.487 e. The van der Waals surface area contributed by atoms with Crippen molar-refractivity contribution in [2.24, 2.45) is 0 Å². The van der Waals surface area contributed by atoms with Gasteiger partial charge in [-0.3, -0.25) is 9.59 Å². The highest BCUT2D eigenvalue weighted by Crippen LogP contribution is 2.44. The second kappa shape index (κ2) is 8.34. The van der Waals surface area contributed by atoms with Crippen LogP contribution in [-0.4, -0.2) is 40.4 Å². The Kier molecular flexibility index (Phi) is 5.37. The molecule has 0 aliphatic carbocycles. The smallest absolute Gasteiger partial charge is 0.222 e. The van der Waals surface area contributed by atoms with Gasteiger partial charge < -0.3 is 19.9 Å². The zero-order valence-electron chi connectivity index (χ0n) is 18.4. The minimum Gasteiger partial charge on any atom is -0.487 e. The number of carbonyl (C=O) groups is 2. The molecule has 3 heterocycles. The number of fused-ring (bicyclic) bond motifs is 2. The highest BCUT2D eigenvalue weighted by molar-refractivity contribution is 5.84. The molecule has 32 heavy (non-hydrogen) atoms. The van der Waals surface area contributed by atoms with Gasteiger partial charge in [-0.25, -0.2) is 0 Å². The first-order valence-corrected chi connectivity index (χ1v) is 11.4. The number of carbonyl (C=O) groups excluding carboxylic acids is 2. The van der Waals surface area contributed by atoms with Gasteiger partial charge in [0.2, 0.25) is 11.8 Å². The number of likely N-dealkylation sites (tertiary alicyclic amines) is 1. The van der Waals surface area contributed by atoms with E-state index in [9.17, 15) is 9.59 Å². The van der Waals surface area contributed by atoms with Crippen LogP contribution < -0.4 is 10.1 Å². The molecule has 2 aromatic carbocycles. The molecule has 1 spiro atoms. The minimum absolute atomic E-state index is 0.0354. The van der Waals surface area contributed by atoms with Crippen LogP contribution in [0.1, 0.15) is 49.8 Å². The van der Waals surface area contributed by atoms with Crippen LogP contribution in [0, 0.1) is 0 Å². The van der Waals surface area contributed by atoms with Crippen LogP contribution in [0.5, 0.6) is 5.75 Å². The molecule has 1 aromatic heterocycles. The maximum atomic E-state index is 12.9. The minimum atomic E-state index is -0.338. The lowest BCUT2D eigenvalue weighted by atomic mass is 9.80. The van der Waals surface area contributed by atoms with E-state index in [1.165, 1.54) is 10.9 Å². The molecule has 1 unspecified atom stereocenters. The number of hydrogen-bond acceptors (Lipinski definition) is 3. The molecule has 1 atom stereocenters. The number of H-pyrrole nitrogens is 1. The number of hydrogen-bond donors (Lipinski definition) is 2. The lowest BCUT2D eigenvalue weighted by Gasteiger charge is -2.47. The van der Waals surface area contributed by atoms with Crippen molar-refractivity contribution in [3.63, 3.8) is 0 Å². The number of nitrogens with one attached hydrogen (secondary N) is 2. The summed E-state index contributed by atoms with van der Waals surface area (Å²) in [5, 5.41) is 4.28. The van der Waals surface area contributed by atoms with Gasteiger partial charge in [-0.15, -0.1) is 0 Å². The van der Waals surface area contributed by atoms with Crippen LogP contribution in [-0.2, 0) is 16.0 Å². The molecular formula is C26H29N3O3. The van der Waals surface area contributed by atoms with Gasteiger partial charge in [0.1, 0.15) is 11.4 Å². The molecule has 1 fully saturated rings. The molecule has 6 heteroatoms. The number of benzene rings is 2. The zero-order valence-corrected chi connectivity index (χ0v) is 18.4. The standard InChI is InChI=1S/C26H29N3O3/c1-18(30)28-23-16-26(32-24-9-5-3-7-21(23)24)12-14-29(15-13-26)25(31)11-10-19-17-27-22-8-4-2-6-20(19)22/h2-9,17,23,27H,10-16H2,1H3,(H,28,30). The van der Waals surface area contributed by atoms with E-state index in [1.807, 2.05) is 47.5 Å². The number of ether oxygens (including phenoxy) is 1. The maximum Gasteiger partial charge on any atom is 0.222 e. The van der Waals surface area contributed by atoms with Crippen molar-refractivity contribution in [1.82, 2.24) is 15.2 Å². The van der Waals surface area contributed by atoms with Crippen LogP contribution in [0.25, 0.3) is 10.9 Å². The van der Waals surface area contributed by atoms with Gasteiger partial charge in [0.25, 0.3) is 0 Å². The first-order chi connectivity index (χ1) is 15.5. The number of rotatable bonds is 4. The Morgan fingerprint density at radius 3 is 2.69 bits per heavy atom. The lowest BCUT2D eigenvalue weighted by Crippen LogP contribution is -2.53. The molecule has 0 saturated carbocycles. The van der Waals surface area contributed by atoms with Crippen LogP contribution >= 0.6 is 0 Å². The Bertz CT molecular complexity index is 1140. The van der Waals surface area contributed by atoms with Crippen LogP contribution in [0.2, 0.25) is 0 Å². The Morgan fingerprint density at radius 1 is 1.12 bits per heavy atom. The van der Waals surface area contributed by atoms with E-state index >= 15 is 0 Å². The average Bonchev–Trinajstić information content (AvgIpc) is 3.21. The third-order valence-corrected chi connectivity index (χ3v) is 6.89. The summed E-state index contributed by atoms with van der Waals surface area (Å²) in [6, 6.07) is 16.1. The SMILES string of the molecule is CC(=O)NC1CC2(CCN(C(=O)CCc3c[nH]c4ccccc34)CC2)Oc2ccccc21. The van der Waals surface area contributed by atoms with Crippen LogP contribution in [0.3, 0.4) is 0 Å².